The third-order valence-corrected chi connectivity index (χ3v) is 4.64. The second kappa shape index (κ2) is 9.68. The van der Waals surface area contributed by atoms with Crippen LogP contribution in [-0.4, -0.2) is 39.6 Å². The number of carbonyl (C=O) groups is 2. The van der Waals surface area contributed by atoms with Gasteiger partial charge in [0, 0.05) is 30.2 Å². The summed E-state index contributed by atoms with van der Waals surface area (Å²) in [5.74, 6) is -0.339. The lowest BCUT2D eigenvalue weighted by Crippen LogP contribution is -2.38. The molecular weight excluding hydrogens is 364 g/mol. The molecule has 6 nitrogen and oxygen atoms in total. The summed E-state index contributed by atoms with van der Waals surface area (Å²) in [6, 6.07) is 16.9. The minimum atomic E-state index is -0.198. The van der Waals surface area contributed by atoms with Crippen molar-refractivity contribution in [2.24, 2.45) is 0 Å². The lowest BCUT2D eigenvalue weighted by molar-refractivity contribution is -0.116. The Morgan fingerprint density at radius 2 is 1.83 bits per heavy atom. The molecule has 0 saturated carbocycles. The van der Waals surface area contributed by atoms with E-state index in [1.54, 1.807) is 11.1 Å². The third-order valence-electron chi connectivity index (χ3n) is 4.64. The van der Waals surface area contributed by atoms with Crippen LogP contribution in [0.4, 0.5) is 5.69 Å². The fourth-order valence-corrected chi connectivity index (χ4v) is 3.11. The van der Waals surface area contributed by atoms with E-state index < -0.39 is 0 Å². The molecule has 2 aromatic carbocycles. The Hall–Kier alpha value is -3.41. The number of aryl methyl sites for hydroxylation is 1. The van der Waals surface area contributed by atoms with E-state index in [2.05, 4.69) is 10.4 Å². The zero-order valence-corrected chi connectivity index (χ0v) is 16.8. The van der Waals surface area contributed by atoms with Crippen LogP contribution in [0.25, 0.3) is 0 Å². The lowest BCUT2D eigenvalue weighted by Gasteiger charge is -2.22. The first-order valence-corrected chi connectivity index (χ1v) is 9.78. The molecule has 6 heteroatoms. The van der Waals surface area contributed by atoms with Gasteiger partial charge in [0.05, 0.1) is 6.54 Å². The molecule has 3 aromatic rings. The van der Waals surface area contributed by atoms with E-state index in [0.717, 1.165) is 23.2 Å². The Morgan fingerprint density at radius 3 is 2.48 bits per heavy atom. The molecule has 0 atom stereocenters. The number of hydrogen-bond donors (Lipinski definition) is 1. The zero-order valence-electron chi connectivity index (χ0n) is 16.8. The fraction of sp³-hybridized carbons (Fsp3) is 0.261. The van der Waals surface area contributed by atoms with Gasteiger partial charge in [-0.15, -0.1) is 0 Å². The average Bonchev–Trinajstić information content (AvgIpc) is 3.22. The largest absolute Gasteiger partial charge is 0.329 e. The van der Waals surface area contributed by atoms with Crippen LogP contribution in [0.3, 0.4) is 0 Å². The summed E-state index contributed by atoms with van der Waals surface area (Å²) >= 11 is 0. The Morgan fingerprint density at radius 1 is 1.07 bits per heavy atom. The average molecular weight is 390 g/mol. The van der Waals surface area contributed by atoms with Gasteiger partial charge in [-0.1, -0.05) is 37.3 Å². The van der Waals surface area contributed by atoms with Gasteiger partial charge in [-0.3, -0.25) is 14.3 Å². The topological polar surface area (TPSA) is 67.2 Å². The Balaban J connectivity index is 1.65. The number of rotatable bonds is 8. The van der Waals surface area contributed by atoms with Crippen molar-refractivity contribution in [1.29, 1.82) is 0 Å². The molecule has 0 fully saturated rings. The van der Waals surface area contributed by atoms with Crippen LogP contribution in [-0.2, 0) is 11.3 Å². The Kier molecular flexibility index (Phi) is 6.79. The summed E-state index contributed by atoms with van der Waals surface area (Å²) in [7, 11) is 0. The van der Waals surface area contributed by atoms with E-state index in [1.165, 1.54) is 0 Å². The predicted molar refractivity (Wildman–Crippen MR) is 114 cm³/mol. The maximum atomic E-state index is 12.9. The van der Waals surface area contributed by atoms with Gasteiger partial charge in [-0.25, -0.2) is 0 Å². The Labute approximate surface area is 171 Å². The number of nitrogens with zero attached hydrogens (tertiary/aromatic N) is 3. The van der Waals surface area contributed by atoms with Crippen molar-refractivity contribution in [3.05, 3.63) is 83.7 Å². The molecule has 0 aliphatic carbocycles. The molecule has 29 heavy (non-hydrogen) atoms. The molecule has 0 saturated heterocycles. The summed E-state index contributed by atoms with van der Waals surface area (Å²) in [4.78, 5) is 27.0. The van der Waals surface area contributed by atoms with Crippen LogP contribution in [0.2, 0.25) is 0 Å². The van der Waals surface area contributed by atoms with E-state index in [1.807, 2.05) is 79.3 Å². The highest BCUT2D eigenvalue weighted by Crippen LogP contribution is 2.14. The lowest BCUT2D eigenvalue weighted by atomic mass is 10.1. The highest BCUT2D eigenvalue weighted by atomic mass is 16.2. The van der Waals surface area contributed by atoms with Gasteiger partial charge in [0.15, 0.2) is 0 Å². The van der Waals surface area contributed by atoms with E-state index in [4.69, 9.17) is 0 Å². The number of carbonyl (C=O) groups excluding carboxylic acids is 2. The summed E-state index contributed by atoms with van der Waals surface area (Å²) in [5, 5.41) is 7.09. The van der Waals surface area contributed by atoms with Crippen molar-refractivity contribution >= 4 is 17.5 Å². The summed E-state index contributed by atoms with van der Waals surface area (Å²) in [6.07, 6.45) is 4.42. The van der Waals surface area contributed by atoms with Crippen molar-refractivity contribution in [2.45, 2.75) is 26.8 Å². The van der Waals surface area contributed by atoms with Crippen LogP contribution in [0.15, 0.2) is 67.0 Å². The summed E-state index contributed by atoms with van der Waals surface area (Å²) < 4.78 is 1.83. The number of aromatic nitrogens is 2. The van der Waals surface area contributed by atoms with Crippen LogP contribution in [0.5, 0.6) is 0 Å². The maximum absolute atomic E-state index is 12.9. The quantitative estimate of drug-likeness (QED) is 0.637. The normalized spacial score (nSPS) is 10.6. The molecular formula is C23H26N4O2. The van der Waals surface area contributed by atoms with E-state index in [0.29, 0.717) is 18.7 Å². The maximum Gasteiger partial charge on any atom is 0.254 e. The molecule has 150 valence electrons. The number of anilines is 1. The number of para-hydroxylation sites is 1. The minimum absolute atomic E-state index is 0.0239. The molecule has 0 unspecified atom stereocenters. The molecule has 1 heterocycles. The standard InChI is InChI=1S/C23H26N4O2/c1-3-14-26(17-22(28)25-21-8-5-4-7-18(21)2)23(29)20-11-9-19(10-12-20)16-27-15-6-13-24-27/h4-13,15H,3,14,16-17H2,1-2H3,(H,25,28). The smallest absolute Gasteiger partial charge is 0.254 e. The van der Waals surface area contributed by atoms with Gasteiger partial charge in [-0.05, 0) is 48.7 Å². The second-order valence-corrected chi connectivity index (χ2v) is 6.99. The molecule has 0 aliphatic heterocycles. The highest BCUT2D eigenvalue weighted by molar-refractivity contribution is 5.99. The molecule has 0 radical (unpaired) electrons. The van der Waals surface area contributed by atoms with Gasteiger partial charge >= 0.3 is 0 Å². The van der Waals surface area contributed by atoms with Crippen molar-refractivity contribution in [3.8, 4) is 0 Å². The van der Waals surface area contributed by atoms with Gasteiger partial charge in [0.25, 0.3) is 5.91 Å². The molecule has 1 aromatic heterocycles. The van der Waals surface area contributed by atoms with Crippen molar-refractivity contribution in [1.82, 2.24) is 14.7 Å². The van der Waals surface area contributed by atoms with Crippen LogP contribution < -0.4 is 5.32 Å². The van der Waals surface area contributed by atoms with E-state index >= 15 is 0 Å². The fourth-order valence-electron chi connectivity index (χ4n) is 3.11. The van der Waals surface area contributed by atoms with E-state index in [-0.39, 0.29) is 18.4 Å². The van der Waals surface area contributed by atoms with Crippen molar-refractivity contribution in [2.75, 3.05) is 18.4 Å². The predicted octanol–water partition coefficient (Wildman–Crippen LogP) is 3.73. The van der Waals surface area contributed by atoms with Gasteiger partial charge in [0.2, 0.25) is 5.91 Å². The molecule has 2 amide bonds. The number of benzene rings is 2. The first-order valence-electron chi connectivity index (χ1n) is 9.78. The summed E-state index contributed by atoms with van der Waals surface area (Å²) in [5.41, 5.74) is 3.39. The molecule has 3 rings (SSSR count). The zero-order chi connectivity index (χ0) is 20.6. The van der Waals surface area contributed by atoms with Gasteiger partial charge in [0.1, 0.15) is 6.54 Å². The summed E-state index contributed by atoms with van der Waals surface area (Å²) in [6.45, 7) is 5.13. The SMILES string of the molecule is CCCN(CC(=O)Nc1ccccc1C)C(=O)c1ccc(Cn2cccn2)cc1. The number of hydrogen-bond acceptors (Lipinski definition) is 3. The minimum Gasteiger partial charge on any atom is -0.329 e. The second-order valence-electron chi connectivity index (χ2n) is 6.99. The van der Waals surface area contributed by atoms with Crippen LogP contribution >= 0.6 is 0 Å². The van der Waals surface area contributed by atoms with Gasteiger partial charge < -0.3 is 10.2 Å². The highest BCUT2D eigenvalue weighted by Gasteiger charge is 2.18. The van der Waals surface area contributed by atoms with Crippen molar-refractivity contribution < 1.29 is 9.59 Å². The monoisotopic (exact) mass is 390 g/mol. The first-order chi connectivity index (χ1) is 14.1. The number of nitrogens with one attached hydrogen (secondary N) is 1. The Bertz CT molecular complexity index is 949. The van der Waals surface area contributed by atoms with Crippen LogP contribution in [0.1, 0.15) is 34.8 Å². The van der Waals surface area contributed by atoms with E-state index in [9.17, 15) is 9.59 Å². The molecule has 0 bridgehead atoms. The molecule has 0 aliphatic rings. The van der Waals surface area contributed by atoms with Gasteiger partial charge in [-0.2, -0.15) is 5.10 Å². The first kappa shape index (κ1) is 20.3. The van der Waals surface area contributed by atoms with Crippen LogP contribution in [0, 0.1) is 6.92 Å². The van der Waals surface area contributed by atoms with Crippen molar-refractivity contribution in [3.63, 3.8) is 0 Å². The molecule has 1 N–H and O–H groups in total. The number of amides is 2. The molecule has 0 spiro atoms. The third kappa shape index (κ3) is 5.54.